The average Bonchev–Trinajstić information content (AvgIpc) is 1.81. The van der Waals surface area contributed by atoms with Crippen LogP contribution in [0.3, 0.4) is 0 Å². The van der Waals surface area contributed by atoms with Gasteiger partial charge in [-0.3, -0.25) is 0 Å². The van der Waals surface area contributed by atoms with Crippen molar-refractivity contribution in [3.05, 3.63) is 0 Å². The van der Waals surface area contributed by atoms with Crippen LogP contribution < -0.4 is 0 Å². The Morgan fingerprint density at radius 3 is 1.80 bits per heavy atom. The summed E-state index contributed by atoms with van der Waals surface area (Å²) in [4.78, 5) is 0.674. The van der Waals surface area contributed by atoms with Gasteiger partial charge in [-0.25, -0.2) is 0 Å². The molecular formula is C9H19Br. The number of hydrogen-bond acceptors (Lipinski definition) is 0. The van der Waals surface area contributed by atoms with Gasteiger partial charge in [-0.1, -0.05) is 50.0 Å². The summed E-state index contributed by atoms with van der Waals surface area (Å²) in [5.41, 5.74) is 0. The van der Waals surface area contributed by atoms with Crippen LogP contribution in [0, 0.1) is 11.8 Å². The zero-order valence-electron chi connectivity index (χ0n) is 7.52. The minimum absolute atomic E-state index is 0.674. The van der Waals surface area contributed by atoms with E-state index in [4.69, 9.17) is 0 Å². The molecule has 0 aliphatic heterocycles. The van der Waals surface area contributed by atoms with Crippen LogP contribution in [0.1, 0.15) is 40.5 Å². The highest BCUT2D eigenvalue weighted by molar-refractivity contribution is 9.09. The van der Waals surface area contributed by atoms with E-state index in [0.717, 1.165) is 11.8 Å². The van der Waals surface area contributed by atoms with Crippen molar-refractivity contribution in [1.29, 1.82) is 0 Å². The third-order valence-electron chi connectivity index (χ3n) is 2.07. The van der Waals surface area contributed by atoms with Gasteiger partial charge in [0.2, 0.25) is 0 Å². The maximum absolute atomic E-state index is 3.64. The van der Waals surface area contributed by atoms with Crippen molar-refractivity contribution < 1.29 is 0 Å². The first-order valence-electron chi connectivity index (χ1n) is 4.23. The summed E-state index contributed by atoms with van der Waals surface area (Å²) < 4.78 is 0. The maximum Gasteiger partial charge on any atom is 0.0148 e. The van der Waals surface area contributed by atoms with Crippen molar-refractivity contribution in [3.63, 3.8) is 0 Å². The highest BCUT2D eigenvalue weighted by Crippen LogP contribution is 2.25. The van der Waals surface area contributed by atoms with Gasteiger partial charge in [0, 0.05) is 4.83 Å². The standard InChI is InChI=1S/C9H19Br/c1-5-6-9(7(2)3)8(4)10/h7-9H,5-6H2,1-4H3. The smallest absolute Gasteiger partial charge is 0.0148 e. The lowest BCUT2D eigenvalue weighted by Gasteiger charge is -2.22. The minimum Gasteiger partial charge on any atom is -0.0891 e. The highest BCUT2D eigenvalue weighted by Gasteiger charge is 2.16. The summed E-state index contributed by atoms with van der Waals surface area (Å²) in [6.45, 7) is 9.11. The molecule has 0 saturated carbocycles. The summed E-state index contributed by atoms with van der Waals surface area (Å²) in [6.07, 6.45) is 2.66. The molecule has 0 aromatic heterocycles. The maximum atomic E-state index is 3.64. The zero-order chi connectivity index (χ0) is 8.15. The van der Waals surface area contributed by atoms with Crippen molar-refractivity contribution in [2.45, 2.75) is 45.4 Å². The molecule has 0 aliphatic carbocycles. The highest BCUT2D eigenvalue weighted by atomic mass is 79.9. The second-order valence-corrected chi connectivity index (χ2v) is 4.82. The molecule has 0 aromatic carbocycles. The summed E-state index contributed by atoms with van der Waals surface area (Å²) in [5, 5.41) is 0. The van der Waals surface area contributed by atoms with Crippen LogP contribution >= 0.6 is 15.9 Å². The van der Waals surface area contributed by atoms with E-state index in [1.807, 2.05) is 0 Å². The first kappa shape index (κ1) is 10.5. The third kappa shape index (κ3) is 3.60. The quantitative estimate of drug-likeness (QED) is 0.614. The Bertz CT molecular complexity index is 68.8. The van der Waals surface area contributed by atoms with E-state index in [0.29, 0.717) is 4.83 Å². The molecule has 0 aliphatic rings. The predicted molar refractivity (Wildman–Crippen MR) is 51.6 cm³/mol. The molecule has 0 saturated heterocycles. The lowest BCUT2D eigenvalue weighted by molar-refractivity contribution is 0.358. The van der Waals surface area contributed by atoms with E-state index in [1.54, 1.807) is 0 Å². The molecule has 0 fully saturated rings. The van der Waals surface area contributed by atoms with Gasteiger partial charge in [0.1, 0.15) is 0 Å². The van der Waals surface area contributed by atoms with Crippen LogP contribution in [0.4, 0.5) is 0 Å². The van der Waals surface area contributed by atoms with Crippen LogP contribution in [0.5, 0.6) is 0 Å². The molecule has 10 heavy (non-hydrogen) atoms. The molecule has 0 nitrogen and oxygen atoms in total. The minimum atomic E-state index is 0.674. The van der Waals surface area contributed by atoms with Crippen molar-refractivity contribution in [2.75, 3.05) is 0 Å². The van der Waals surface area contributed by atoms with Gasteiger partial charge in [0.25, 0.3) is 0 Å². The van der Waals surface area contributed by atoms with E-state index >= 15 is 0 Å². The van der Waals surface area contributed by atoms with E-state index in [-0.39, 0.29) is 0 Å². The lowest BCUT2D eigenvalue weighted by atomic mass is 9.89. The topological polar surface area (TPSA) is 0 Å². The SMILES string of the molecule is CCCC(C(C)C)C(C)Br. The molecule has 0 spiro atoms. The van der Waals surface area contributed by atoms with Gasteiger partial charge in [0.15, 0.2) is 0 Å². The molecule has 1 heteroatoms. The molecule has 0 N–H and O–H groups in total. The second kappa shape index (κ2) is 5.17. The molecular weight excluding hydrogens is 188 g/mol. The number of alkyl halides is 1. The van der Waals surface area contributed by atoms with E-state index in [9.17, 15) is 0 Å². The summed E-state index contributed by atoms with van der Waals surface area (Å²) in [7, 11) is 0. The lowest BCUT2D eigenvalue weighted by Crippen LogP contribution is -2.17. The van der Waals surface area contributed by atoms with Crippen molar-refractivity contribution in [1.82, 2.24) is 0 Å². The van der Waals surface area contributed by atoms with Gasteiger partial charge in [0.05, 0.1) is 0 Å². The summed E-state index contributed by atoms with van der Waals surface area (Å²) in [5.74, 6) is 1.67. The van der Waals surface area contributed by atoms with Gasteiger partial charge in [-0.2, -0.15) is 0 Å². The summed E-state index contributed by atoms with van der Waals surface area (Å²) >= 11 is 3.64. The van der Waals surface area contributed by atoms with E-state index in [1.165, 1.54) is 12.8 Å². The fraction of sp³-hybridized carbons (Fsp3) is 1.00. The number of halogens is 1. The Morgan fingerprint density at radius 1 is 1.20 bits per heavy atom. The molecule has 2 atom stereocenters. The van der Waals surface area contributed by atoms with E-state index in [2.05, 4.69) is 43.6 Å². The van der Waals surface area contributed by atoms with Gasteiger partial charge in [-0.15, -0.1) is 0 Å². The van der Waals surface area contributed by atoms with Crippen molar-refractivity contribution in [3.8, 4) is 0 Å². The molecule has 0 rings (SSSR count). The Kier molecular flexibility index (Phi) is 5.42. The molecule has 0 heterocycles. The monoisotopic (exact) mass is 206 g/mol. The second-order valence-electron chi connectivity index (χ2n) is 3.37. The van der Waals surface area contributed by atoms with Crippen LogP contribution in [0.2, 0.25) is 0 Å². The number of hydrogen-bond donors (Lipinski definition) is 0. The van der Waals surface area contributed by atoms with Gasteiger partial charge >= 0.3 is 0 Å². The van der Waals surface area contributed by atoms with Crippen LogP contribution in [0.15, 0.2) is 0 Å². The van der Waals surface area contributed by atoms with Gasteiger partial charge in [-0.05, 0) is 18.3 Å². The third-order valence-corrected chi connectivity index (χ3v) is 2.75. The van der Waals surface area contributed by atoms with Crippen LogP contribution in [-0.2, 0) is 0 Å². The Hall–Kier alpha value is 0.480. The van der Waals surface area contributed by atoms with Gasteiger partial charge < -0.3 is 0 Å². The number of rotatable bonds is 4. The molecule has 0 bridgehead atoms. The normalized spacial score (nSPS) is 17.4. The van der Waals surface area contributed by atoms with Crippen LogP contribution in [-0.4, -0.2) is 4.83 Å². The zero-order valence-corrected chi connectivity index (χ0v) is 9.11. The molecule has 0 amide bonds. The first-order valence-corrected chi connectivity index (χ1v) is 5.15. The molecule has 62 valence electrons. The fourth-order valence-electron chi connectivity index (χ4n) is 1.43. The van der Waals surface area contributed by atoms with E-state index < -0.39 is 0 Å². The Morgan fingerprint density at radius 2 is 1.70 bits per heavy atom. The first-order chi connectivity index (χ1) is 4.59. The largest absolute Gasteiger partial charge is 0.0891 e. The average molecular weight is 207 g/mol. The molecule has 2 unspecified atom stereocenters. The van der Waals surface area contributed by atoms with Crippen LogP contribution in [0.25, 0.3) is 0 Å². The Labute approximate surface area is 73.5 Å². The Balaban J connectivity index is 3.73. The molecule has 0 aromatic rings. The van der Waals surface area contributed by atoms with Crippen molar-refractivity contribution in [2.24, 2.45) is 11.8 Å². The van der Waals surface area contributed by atoms with Crippen molar-refractivity contribution >= 4 is 15.9 Å². The predicted octanol–water partition coefficient (Wildman–Crippen LogP) is 3.84. The summed E-state index contributed by atoms with van der Waals surface area (Å²) in [6, 6.07) is 0. The molecule has 0 radical (unpaired) electrons. The fourth-order valence-corrected chi connectivity index (χ4v) is 2.30.